The number of nitrogens with one attached hydrogen (secondary N) is 2. The van der Waals surface area contributed by atoms with Crippen molar-refractivity contribution >= 4 is 29.5 Å². The Balaban J connectivity index is 1.59. The lowest BCUT2D eigenvalue weighted by Gasteiger charge is -2.42. The van der Waals surface area contributed by atoms with Crippen LogP contribution in [0.3, 0.4) is 0 Å². The molecule has 0 aromatic carbocycles. The molecule has 138 valence electrons. The van der Waals surface area contributed by atoms with Crippen LogP contribution in [0.25, 0.3) is 0 Å². The van der Waals surface area contributed by atoms with Crippen LogP contribution < -0.4 is 10.6 Å². The SMILES string of the molecule is CCNC(=NCC1(N2CCSCC2)CCCC1)NCC1CCCS1. The van der Waals surface area contributed by atoms with Gasteiger partial charge in [0, 0.05) is 48.5 Å². The fourth-order valence-electron chi connectivity index (χ4n) is 4.23. The molecule has 2 aliphatic heterocycles. The first-order valence-electron chi connectivity index (χ1n) is 9.79. The Labute approximate surface area is 156 Å². The van der Waals surface area contributed by atoms with E-state index in [2.05, 4.69) is 46.0 Å². The third-order valence-corrected chi connectivity index (χ3v) is 7.95. The molecule has 2 heterocycles. The quantitative estimate of drug-likeness (QED) is 0.556. The van der Waals surface area contributed by atoms with Crippen molar-refractivity contribution < 1.29 is 0 Å². The van der Waals surface area contributed by atoms with Crippen molar-refractivity contribution in [2.75, 3.05) is 50.0 Å². The van der Waals surface area contributed by atoms with Gasteiger partial charge in [-0.05, 0) is 38.4 Å². The maximum absolute atomic E-state index is 5.04. The van der Waals surface area contributed by atoms with Crippen molar-refractivity contribution in [2.24, 2.45) is 4.99 Å². The van der Waals surface area contributed by atoms with E-state index >= 15 is 0 Å². The van der Waals surface area contributed by atoms with Crippen molar-refractivity contribution in [1.82, 2.24) is 15.5 Å². The average molecular weight is 371 g/mol. The largest absolute Gasteiger partial charge is 0.357 e. The Morgan fingerprint density at radius 3 is 2.58 bits per heavy atom. The molecule has 1 atom stereocenters. The van der Waals surface area contributed by atoms with Gasteiger partial charge in [0.2, 0.25) is 0 Å². The summed E-state index contributed by atoms with van der Waals surface area (Å²) < 4.78 is 0. The average Bonchev–Trinajstić information content (AvgIpc) is 3.31. The van der Waals surface area contributed by atoms with E-state index in [1.54, 1.807) is 0 Å². The van der Waals surface area contributed by atoms with Crippen LogP contribution in [0.2, 0.25) is 0 Å². The van der Waals surface area contributed by atoms with Gasteiger partial charge in [0.15, 0.2) is 5.96 Å². The van der Waals surface area contributed by atoms with E-state index in [1.165, 1.54) is 68.9 Å². The number of thioether (sulfide) groups is 2. The second-order valence-electron chi connectivity index (χ2n) is 7.24. The van der Waals surface area contributed by atoms with Gasteiger partial charge in [0.1, 0.15) is 0 Å². The van der Waals surface area contributed by atoms with Crippen molar-refractivity contribution in [3.05, 3.63) is 0 Å². The predicted molar refractivity (Wildman–Crippen MR) is 110 cm³/mol. The normalized spacial score (nSPS) is 28.2. The van der Waals surface area contributed by atoms with Crippen molar-refractivity contribution in [3.63, 3.8) is 0 Å². The Hall–Kier alpha value is -0.0700. The second-order valence-corrected chi connectivity index (χ2v) is 9.87. The van der Waals surface area contributed by atoms with Gasteiger partial charge in [-0.3, -0.25) is 9.89 Å². The number of hydrogen-bond donors (Lipinski definition) is 2. The van der Waals surface area contributed by atoms with Crippen molar-refractivity contribution in [2.45, 2.75) is 56.2 Å². The molecule has 3 fully saturated rings. The molecule has 4 nitrogen and oxygen atoms in total. The van der Waals surface area contributed by atoms with Gasteiger partial charge in [-0.15, -0.1) is 0 Å². The minimum atomic E-state index is 0.339. The number of nitrogens with zero attached hydrogens (tertiary/aromatic N) is 2. The van der Waals surface area contributed by atoms with Gasteiger partial charge in [-0.2, -0.15) is 23.5 Å². The van der Waals surface area contributed by atoms with Crippen LogP contribution >= 0.6 is 23.5 Å². The molecule has 0 aromatic heterocycles. The zero-order valence-electron chi connectivity index (χ0n) is 15.2. The van der Waals surface area contributed by atoms with E-state index in [1.807, 2.05) is 0 Å². The second kappa shape index (κ2) is 9.58. The topological polar surface area (TPSA) is 39.7 Å². The first-order chi connectivity index (χ1) is 11.8. The molecule has 24 heavy (non-hydrogen) atoms. The Morgan fingerprint density at radius 1 is 1.12 bits per heavy atom. The molecule has 0 amide bonds. The summed E-state index contributed by atoms with van der Waals surface area (Å²) in [5.74, 6) is 4.95. The highest BCUT2D eigenvalue weighted by Crippen LogP contribution is 2.37. The summed E-state index contributed by atoms with van der Waals surface area (Å²) in [4.78, 5) is 7.80. The predicted octanol–water partition coefficient (Wildman–Crippen LogP) is 2.80. The fraction of sp³-hybridized carbons (Fsp3) is 0.944. The highest BCUT2D eigenvalue weighted by Gasteiger charge is 2.39. The molecule has 2 saturated heterocycles. The number of rotatable bonds is 6. The number of aliphatic imine (C=N–C) groups is 1. The monoisotopic (exact) mass is 370 g/mol. The summed E-state index contributed by atoms with van der Waals surface area (Å²) in [6.07, 6.45) is 8.15. The van der Waals surface area contributed by atoms with E-state index in [0.717, 1.165) is 30.8 Å². The van der Waals surface area contributed by atoms with Crippen molar-refractivity contribution in [3.8, 4) is 0 Å². The Kier molecular flexibility index (Phi) is 7.47. The summed E-state index contributed by atoms with van der Waals surface area (Å²) in [7, 11) is 0. The third-order valence-electron chi connectivity index (χ3n) is 5.61. The summed E-state index contributed by atoms with van der Waals surface area (Å²) in [6.45, 7) is 7.63. The van der Waals surface area contributed by atoms with Gasteiger partial charge >= 0.3 is 0 Å². The minimum Gasteiger partial charge on any atom is -0.357 e. The lowest BCUT2D eigenvalue weighted by atomic mass is 9.95. The molecule has 0 radical (unpaired) electrons. The third kappa shape index (κ3) is 4.98. The molecule has 6 heteroatoms. The van der Waals surface area contributed by atoms with Crippen LogP contribution in [0, 0.1) is 0 Å². The maximum atomic E-state index is 5.04. The van der Waals surface area contributed by atoms with E-state index in [-0.39, 0.29) is 0 Å². The summed E-state index contributed by atoms with van der Waals surface area (Å²) in [6, 6.07) is 0. The highest BCUT2D eigenvalue weighted by atomic mass is 32.2. The molecule has 3 rings (SSSR count). The van der Waals surface area contributed by atoms with Crippen LogP contribution in [0.5, 0.6) is 0 Å². The summed E-state index contributed by atoms with van der Waals surface area (Å²) >= 11 is 4.22. The molecule has 0 spiro atoms. The Morgan fingerprint density at radius 2 is 1.92 bits per heavy atom. The summed E-state index contributed by atoms with van der Waals surface area (Å²) in [5.41, 5.74) is 0.339. The molecule has 1 unspecified atom stereocenters. The smallest absolute Gasteiger partial charge is 0.191 e. The highest BCUT2D eigenvalue weighted by molar-refractivity contribution is 8.00. The van der Waals surface area contributed by atoms with Crippen LogP contribution in [-0.2, 0) is 0 Å². The molecule has 1 saturated carbocycles. The zero-order chi connectivity index (χ0) is 16.7. The van der Waals surface area contributed by atoms with E-state index in [4.69, 9.17) is 4.99 Å². The molecule has 0 aromatic rings. The maximum Gasteiger partial charge on any atom is 0.191 e. The van der Waals surface area contributed by atoms with E-state index in [0.29, 0.717) is 5.54 Å². The molecule has 2 N–H and O–H groups in total. The van der Waals surface area contributed by atoms with Crippen LogP contribution in [0.15, 0.2) is 4.99 Å². The number of hydrogen-bond acceptors (Lipinski definition) is 4. The van der Waals surface area contributed by atoms with Gasteiger partial charge in [0.25, 0.3) is 0 Å². The van der Waals surface area contributed by atoms with E-state index < -0.39 is 0 Å². The molecule has 0 bridgehead atoms. The van der Waals surface area contributed by atoms with Crippen molar-refractivity contribution in [1.29, 1.82) is 0 Å². The first-order valence-corrected chi connectivity index (χ1v) is 12.0. The molecular weight excluding hydrogens is 336 g/mol. The fourth-order valence-corrected chi connectivity index (χ4v) is 6.33. The zero-order valence-corrected chi connectivity index (χ0v) is 16.8. The van der Waals surface area contributed by atoms with Crippen LogP contribution in [0.1, 0.15) is 45.4 Å². The van der Waals surface area contributed by atoms with Gasteiger partial charge in [-0.25, -0.2) is 0 Å². The standard InChI is InChI=1S/C18H34N4S2/c1-2-19-17(20-14-16-6-5-11-24-16)21-15-18(7-3-4-8-18)22-9-12-23-13-10-22/h16H,2-15H2,1H3,(H2,19,20,21). The van der Waals surface area contributed by atoms with Gasteiger partial charge < -0.3 is 10.6 Å². The van der Waals surface area contributed by atoms with Crippen LogP contribution in [-0.4, -0.2) is 71.6 Å². The van der Waals surface area contributed by atoms with Gasteiger partial charge in [0.05, 0.1) is 6.54 Å². The Bertz CT molecular complexity index is 398. The van der Waals surface area contributed by atoms with Crippen LogP contribution in [0.4, 0.5) is 0 Å². The molecule has 1 aliphatic carbocycles. The summed E-state index contributed by atoms with van der Waals surface area (Å²) in [5, 5.41) is 7.83. The number of guanidine groups is 1. The lowest BCUT2D eigenvalue weighted by Crippen LogP contribution is -2.53. The first kappa shape index (κ1) is 18.7. The molecular formula is C18H34N4S2. The van der Waals surface area contributed by atoms with E-state index in [9.17, 15) is 0 Å². The minimum absolute atomic E-state index is 0.339. The lowest BCUT2D eigenvalue weighted by molar-refractivity contribution is 0.112. The molecule has 3 aliphatic rings. The van der Waals surface area contributed by atoms with Gasteiger partial charge in [-0.1, -0.05) is 12.8 Å².